The van der Waals surface area contributed by atoms with Crippen LogP contribution in [0, 0.1) is 0 Å². The maximum atomic E-state index is 10.8. The van der Waals surface area contributed by atoms with Crippen molar-refractivity contribution < 1.29 is 19.4 Å². The number of carboxylic acid groups (broad SMARTS) is 1. The van der Waals surface area contributed by atoms with Gasteiger partial charge in [0.15, 0.2) is 6.79 Å². The second kappa shape index (κ2) is 5.03. The molecule has 6 heteroatoms. The van der Waals surface area contributed by atoms with Crippen molar-refractivity contribution in [2.45, 2.75) is 19.1 Å². The van der Waals surface area contributed by atoms with Gasteiger partial charge in [-0.2, -0.15) is 0 Å². The Hall–Kier alpha value is -1.11. The number of hydrogen-bond acceptors (Lipinski definition) is 4. The molecule has 1 aromatic rings. The zero-order valence-electron chi connectivity index (χ0n) is 8.98. The summed E-state index contributed by atoms with van der Waals surface area (Å²) in [5.74, 6) is -0.332. The lowest BCUT2D eigenvalue weighted by molar-refractivity contribution is -0.138. The largest absolute Gasteiger partial charge is 0.480 e. The van der Waals surface area contributed by atoms with Gasteiger partial charge in [-0.05, 0) is 17.7 Å². The van der Waals surface area contributed by atoms with Crippen molar-refractivity contribution >= 4 is 21.9 Å². The molecule has 0 saturated heterocycles. The molecule has 92 valence electrons. The summed E-state index contributed by atoms with van der Waals surface area (Å²) in [6.07, 6.45) is 0.233. The van der Waals surface area contributed by atoms with Crippen LogP contribution in [0.1, 0.15) is 11.1 Å². The Bertz CT molecular complexity index is 449. The van der Waals surface area contributed by atoms with Gasteiger partial charge >= 0.3 is 5.97 Å². The predicted octanol–water partition coefficient (Wildman–Crippen LogP) is 1.27. The summed E-state index contributed by atoms with van der Waals surface area (Å²) in [7, 11) is 0. The number of carbonyl (C=O) groups is 1. The zero-order valence-corrected chi connectivity index (χ0v) is 10.6. The summed E-state index contributed by atoms with van der Waals surface area (Å²) in [6.45, 7) is 0.647. The number of fused-ring (bicyclic) bond motifs is 1. The Kier molecular flexibility index (Phi) is 3.66. The van der Waals surface area contributed by atoms with E-state index in [-0.39, 0.29) is 13.2 Å². The lowest BCUT2D eigenvalue weighted by Gasteiger charge is -2.21. The van der Waals surface area contributed by atoms with Crippen LogP contribution in [0.4, 0.5) is 0 Å². The highest BCUT2D eigenvalue weighted by Gasteiger charge is 2.20. The molecule has 2 rings (SSSR count). The van der Waals surface area contributed by atoms with E-state index < -0.39 is 12.0 Å². The van der Waals surface area contributed by atoms with E-state index in [0.717, 1.165) is 15.6 Å². The summed E-state index contributed by atoms with van der Waals surface area (Å²) in [6, 6.07) is 2.79. The van der Waals surface area contributed by atoms with Crippen molar-refractivity contribution in [2.75, 3.05) is 6.79 Å². The van der Waals surface area contributed by atoms with Crippen LogP contribution in [0.15, 0.2) is 16.6 Å². The van der Waals surface area contributed by atoms with Crippen molar-refractivity contribution in [3.63, 3.8) is 0 Å². The van der Waals surface area contributed by atoms with E-state index in [1.54, 1.807) is 0 Å². The molecule has 3 N–H and O–H groups in total. The summed E-state index contributed by atoms with van der Waals surface area (Å²) in [4.78, 5) is 10.8. The third-order valence-electron chi connectivity index (χ3n) is 2.51. The molecular formula is C11H12BrNO4. The summed E-state index contributed by atoms with van der Waals surface area (Å²) in [5, 5.41) is 8.81. The normalized spacial score (nSPS) is 15.9. The Morgan fingerprint density at radius 2 is 2.35 bits per heavy atom. The molecule has 0 fully saturated rings. The van der Waals surface area contributed by atoms with Crippen molar-refractivity contribution in [1.82, 2.24) is 0 Å². The van der Waals surface area contributed by atoms with Gasteiger partial charge in [0.1, 0.15) is 11.8 Å². The quantitative estimate of drug-likeness (QED) is 0.878. The van der Waals surface area contributed by atoms with Crippen molar-refractivity contribution in [3.05, 3.63) is 27.7 Å². The van der Waals surface area contributed by atoms with Gasteiger partial charge in [-0.3, -0.25) is 4.79 Å². The number of benzene rings is 1. The SMILES string of the molecule is NC(Cc1cc(Br)cc2c1OCOC2)C(=O)O. The minimum absolute atomic E-state index is 0.184. The maximum Gasteiger partial charge on any atom is 0.320 e. The van der Waals surface area contributed by atoms with Crippen LogP contribution in [-0.4, -0.2) is 23.9 Å². The van der Waals surface area contributed by atoms with E-state index in [1.807, 2.05) is 12.1 Å². The minimum atomic E-state index is -1.02. The van der Waals surface area contributed by atoms with Gasteiger partial charge < -0.3 is 20.3 Å². The van der Waals surface area contributed by atoms with Gasteiger partial charge in [0.25, 0.3) is 0 Å². The highest BCUT2D eigenvalue weighted by atomic mass is 79.9. The number of hydrogen-bond donors (Lipinski definition) is 2. The summed E-state index contributed by atoms with van der Waals surface area (Å²) in [5.41, 5.74) is 7.22. The first-order chi connectivity index (χ1) is 8.08. The zero-order chi connectivity index (χ0) is 12.4. The summed E-state index contributed by atoms with van der Waals surface area (Å²) >= 11 is 3.37. The van der Waals surface area contributed by atoms with E-state index in [1.165, 1.54) is 0 Å². The van der Waals surface area contributed by atoms with Gasteiger partial charge in [-0.15, -0.1) is 0 Å². The van der Waals surface area contributed by atoms with Crippen LogP contribution >= 0.6 is 15.9 Å². The van der Waals surface area contributed by atoms with E-state index in [9.17, 15) is 4.79 Å². The first kappa shape index (κ1) is 12.3. The van der Waals surface area contributed by atoms with Gasteiger partial charge in [-0.25, -0.2) is 0 Å². The molecule has 1 unspecified atom stereocenters. The van der Waals surface area contributed by atoms with Crippen molar-refractivity contribution in [3.8, 4) is 5.75 Å². The Labute approximate surface area is 107 Å². The smallest absolute Gasteiger partial charge is 0.320 e. The van der Waals surface area contributed by atoms with Crippen LogP contribution < -0.4 is 10.5 Å². The monoisotopic (exact) mass is 301 g/mol. The fourth-order valence-corrected chi connectivity index (χ4v) is 2.29. The highest BCUT2D eigenvalue weighted by molar-refractivity contribution is 9.10. The average Bonchev–Trinajstić information content (AvgIpc) is 2.28. The molecule has 0 aliphatic carbocycles. The van der Waals surface area contributed by atoms with Crippen molar-refractivity contribution in [1.29, 1.82) is 0 Å². The fraction of sp³-hybridized carbons (Fsp3) is 0.364. The lowest BCUT2D eigenvalue weighted by atomic mass is 10.0. The van der Waals surface area contributed by atoms with Gasteiger partial charge in [0.2, 0.25) is 0 Å². The Morgan fingerprint density at radius 1 is 1.59 bits per heavy atom. The highest BCUT2D eigenvalue weighted by Crippen LogP contribution is 2.32. The van der Waals surface area contributed by atoms with Crippen molar-refractivity contribution in [2.24, 2.45) is 5.73 Å². The second-order valence-corrected chi connectivity index (χ2v) is 4.73. The number of carboxylic acids is 1. The third-order valence-corrected chi connectivity index (χ3v) is 2.97. The van der Waals surface area contributed by atoms with E-state index in [4.69, 9.17) is 20.3 Å². The minimum Gasteiger partial charge on any atom is -0.480 e. The molecule has 0 aromatic heterocycles. The second-order valence-electron chi connectivity index (χ2n) is 3.81. The molecule has 1 aliphatic rings. The number of halogens is 1. The van der Waals surface area contributed by atoms with Gasteiger partial charge in [-0.1, -0.05) is 15.9 Å². The molecule has 1 aromatic carbocycles. The molecule has 0 bridgehead atoms. The molecule has 0 radical (unpaired) electrons. The predicted molar refractivity (Wildman–Crippen MR) is 63.7 cm³/mol. The number of ether oxygens (including phenoxy) is 2. The van der Waals surface area contributed by atoms with E-state index in [2.05, 4.69) is 15.9 Å². The van der Waals surface area contributed by atoms with Gasteiger partial charge in [0.05, 0.1) is 6.61 Å². The molecule has 0 amide bonds. The van der Waals surface area contributed by atoms with Crippen LogP contribution in [-0.2, 0) is 22.6 Å². The number of rotatable bonds is 3. The third kappa shape index (κ3) is 2.77. The molecule has 1 aliphatic heterocycles. The maximum absolute atomic E-state index is 10.8. The van der Waals surface area contributed by atoms with Crippen LogP contribution in [0.2, 0.25) is 0 Å². The van der Waals surface area contributed by atoms with E-state index in [0.29, 0.717) is 12.4 Å². The molecular weight excluding hydrogens is 290 g/mol. The number of nitrogens with two attached hydrogens (primary N) is 1. The Balaban J connectivity index is 2.32. The molecule has 1 heterocycles. The lowest BCUT2D eigenvalue weighted by Crippen LogP contribution is -2.32. The van der Waals surface area contributed by atoms with Crippen LogP contribution in [0.25, 0.3) is 0 Å². The molecule has 0 saturated carbocycles. The molecule has 0 spiro atoms. The average molecular weight is 302 g/mol. The first-order valence-corrected chi connectivity index (χ1v) is 5.87. The van der Waals surface area contributed by atoms with Gasteiger partial charge in [0, 0.05) is 16.5 Å². The van der Waals surface area contributed by atoms with E-state index >= 15 is 0 Å². The molecule has 5 nitrogen and oxygen atoms in total. The molecule has 17 heavy (non-hydrogen) atoms. The van der Waals surface area contributed by atoms with Crippen LogP contribution in [0.5, 0.6) is 5.75 Å². The Morgan fingerprint density at radius 3 is 3.06 bits per heavy atom. The molecule has 1 atom stereocenters. The summed E-state index contributed by atoms with van der Waals surface area (Å²) < 4.78 is 11.4. The first-order valence-electron chi connectivity index (χ1n) is 5.08. The topological polar surface area (TPSA) is 81.8 Å². The van der Waals surface area contributed by atoms with Crippen LogP contribution in [0.3, 0.4) is 0 Å². The standard InChI is InChI=1S/C11H12BrNO4/c12-8-1-6(3-9(13)11(14)15)10-7(2-8)4-16-5-17-10/h1-2,9H,3-5,13H2,(H,14,15). The fourth-order valence-electron chi connectivity index (χ4n) is 1.73. The number of aliphatic carboxylic acids is 1.